The molecule has 5 nitrogen and oxygen atoms in total. The lowest BCUT2D eigenvalue weighted by Crippen LogP contribution is -2.27. The predicted octanol–water partition coefficient (Wildman–Crippen LogP) is 2.20. The Kier molecular flexibility index (Phi) is 3.50. The van der Waals surface area contributed by atoms with E-state index in [0.29, 0.717) is 11.7 Å². The number of aromatic nitrogens is 1. The van der Waals surface area contributed by atoms with Gasteiger partial charge in [0.25, 0.3) is 5.91 Å². The third-order valence-electron chi connectivity index (χ3n) is 2.62. The van der Waals surface area contributed by atoms with Gasteiger partial charge in [0.2, 0.25) is 5.89 Å². The average Bonchev–Trinajstić information content (AvgIpc) is 2.79. The van der Waals surface area contributed by atoms with Crippen LogP contribution >= 0.6 is 0 Å². The molecule has 19 heavy (non-hydrogen) atoms. The van der Waals surface area contributed by atoms with Crippen molar-refractivity contribution in [3.8, 4) is 0 Å². The number of oxazole rings is 1. The molecule has 0 aliphatic rings. The average molecular weight is 263 g/mol. The maximum Gasteiger partial charge on any atom is 0.254 e. The smallest absolute Gasteiger partial charge is 0.254 e. The van der Waals surface area contributed by atoms with Crippen molar-refractivity contribution in [2.45, 2.75) is 19.9 Å². The van der Waals surface area contributed by atoms with Gasteiger partial charge in [-0.15, -0.1) is 0 Å². The van der Waals surface area contributed by atoms with E-state index in [-0.39, 0.29) is 11.3 Å². The third kappa shape index (κ3) is 2.90. The summed E-state index contributed by atoms with van der Waals surface area (Å²) in [6.07, 6.45) is 1.56. The van der Waals surface area contributed by atoms with Crippen LogP contribution in [0.15, 0.2) is 28.8 Å². The van der Waals surface area contributed by atoms with E-state index in [1.807, 2.05) is 0 Å². The normalized spacial score (nSPS) is 12.2. The van der Waals surface area contributed by atoms with Gasteiger partial charge in [-0.25, -0.2) is 9.37 Å². The standard InChI is InChI=1S/C13H14FN3O2/c1-7-6-16-13(19-7)8(2)17-12(18)10-5-9(14)3-4-11(10)15/h3-6,8H,15H2,1-2H3,(H,17,18). The van der Waals surface area contributed by atoms with Crippen molar-refractivity contribution >= 4 is 11.6 Å². The van der Waals surface area contributed by atoms with E-state index in [9.17, 15) is 9.18 Å². The van der Waals surface area contributed by atoms with Gasteiger partial charge in [0.15, 0.2) is 0 Å². The summed E-state index contributed by atoms with van der Waals surface area (Å²) in [6, 6.07) is 3.22. The summed E-state index contributed by atoms with van der Waals surface area (Å²) in [5.74, 6) is 0.0570. The number of anilines is 1. The number of nitrogens with two attached hydrogens (primary N) is 1. The Balaban J connectivity index is 2.15. The van der Waals surface area contributed by atoms with Crippen molar-refractivity contribution in [3.63, 3.8) is 0 Å². The number of halogens is 1. The number of aryl methyl sites for hydroxylation is 1. The molecular formula is C13H14FN3O2. The van der Waals surface area contributed by atoms with Crippen molar-refractivity contribution in [2.75, 3.05) is 5.73 Å². The molecule has 1 atom stereocenters. The van der Waals surface area contributed by atoms with Crippen molar-refractivity contribution in [1.29, 1.82) is 0 Å². The number of carbonyl (C=O) groups excluding carboxylic acids is 1. The first-order chi connectivity index (χ1) is 8.97. The Morgan fingerprint density at radius 1 is 1.53 bits per heavy atom. The van der Waals surface area contributed by atoms with Gasteiger partial charge < -0.3 is 15.5 Å². The molecule has 1 aromatic heterocycles. The van der Waals surface area contributed by atoms with Crippen LogP contribution in [-0.2, 0) is 0 Å². The summed E-state index contributed by atoms with van der Waals surface area (Å²) in [7, 11) is 0. The SMILES string of the molecule is Cc1cnc(C(C)NC(=O)c2cc(F)ccc2N)o1. The molecule has 0 spiro atoms. The molecule has 1 unspecified atom stereocenters. The lowest BCUT2D eigenvalue weighted by molar-refractivity contribution is 0.0934. The van der Waals surface area contributed by atoms with E-state index >= 15 is 0 Å². The molecule has 0 aliphatic heterocycles. The third-order valence-corrected chi connectivity index (χ3v) is 2.62. The van der Waals surface area contributed by atoms with Crippen molar-refractivity contribution in [1.82, 2.24) is 10.3 Å². The van der Waals surface area contributed by atoms with E-state index in [1.165, 1.54) is 12.1 Å². The van der Waals surface area contributed by atoms with Crippen LogP contribution < -0.4 is 11.1 Å². The highest BCUT2D eigenvalue weighted by Crippen LogP contribution is 2.16. The minimum absolute atomic E-state index is 0.0927. The Bertz CT molecular complexity index is 610. The number of rotatable bonds is 3. The Hall–Kier alpha value is -2.37. The van der Waals surface area contributed by atoms with Gasteiger partial charge in [-0.2, -0.15) is 0 Å². The molecule has 0 bridgehead atoms. The van der Waals surface area contributed by atoms with E-state index < -0.39 is 17.8 Å². The summed E-state index contributed by atoms with van der Waals surface area (Å²) >= 11 is 0. The van der Waals surface area contributed by atoms with Crippen LogP contribution in [0.25, 0.3) is 0 Å². The second-order valence-electron chi connectivity index (χ2n) is 4.24. The molecule has 2 rings (SSSR count). The van der Waals surface area contributed by atoms with Crippen molar-refractivity contribution in [3.05, 3.63) is 47.4 Å². The summed E-state index contributed by atoms with van der Waals surface area (Å²) in [5.41, 5.74) is 5.95. The van der Waals surface area contributed by atoms with Crippen molar-refractivity contribution in [2.24, 2.45) is 0 Å². The molecule has 6 heteroatoms. The van der Waals surface area contributed by atoms with Gasteiger partial charge in [-0.05, 0) is 32.0 Å². The second-order valence-corrected chi connectivity index (χ2v) is 4.24. The summed E-state index contributed by atoms with van der Waals surface area (Å²) in [4.78, 5) is 16.0. The lowest BCUT2D eigenvalue weighted by Gasteiger charge is -2.11. The topological polar surface area (TPSA) is 81.2 Å². The number of hydrogen-bond donors (Lipinski definition) is 2. The molecule has 3 N–H and O–H groups in total. The van der Waals surface area contributed by atoms with Crippen LogP contribution in [0.4, 0.5) is 10.1 Å². The molecular weight excluding hydrogens is 249 g/mol. The molecule has 100 valence electrons. The first-order valence-corrected chi connectivity index (χ1v) is 5.75. The zero-order valence-electron chi connectivity index (χ0n) is 10.6. The zero-order valence-corrected chi connectivity index (χ0v) is 10.6. The van der Waals surface area contributed by atoms with Crippen LogP contribution in [0.5, 0.6) is 0 Å². The highest BCUT2D eigenvalue weighted by Gasteiger charge is 2.17. The van der Waals surface area contributed by atoms with Gasteiger partial charge in [-0.3, -0.25) is 4.79 Å². The number of nitrogens with one attached hydrogen (secondary N) is 1. The van der Waals surface area contributed by atoms with Crippen LogP contribution in [0.1, 0.15) is 35.0 Å². The number of nitrogens with zero attached hydrogens (tertiary/aromatic N) is 1. The van der Waals surface area contributed by atoms with Crippen LogP contribution in [0, 0.1) is 12.7 Å². The molecule has 0 aliphatic carbocycles. The van der Waals surface area contributed by atoms with Crippen LogP contribution in [0.2, 0.25) is 0 Å². The highest BCUT2D eigenvalue weighted by molar-refractivity contribution is 5.99. The fourth-order valence-corrected chi connectivity index (χ4v) is 1.63. The highest BCUT2D eigenvalue weighted by atomic mass is 19.1. The molecule has 0 saturated heterocycles. The first-order valence-electron chi connectivity index (χ1n) is 5.75. The summed E-state index contributed by atoms with van der Waals surface area (Å²) in [5, 5.41) is 2.65. The van der Waals surface area contributed by atoms with Gasteiger partial charge in [0.05, 0.1) is 11.8 Å². The van der Waals surface area contributed by atoms with Crippen LogP contribution in [-0.4, -0.2) is 10.9 Å². The van der Waals surface area contributed by atoms with Gasteiger partial charge >= 0.3 is 0 Å². The second kappa shape index (κ2) is 5.09. The van der Waals surface area contributed by atoms with Crippen molar-refractivity contribution < 1.29 is 13.6 Å². The monoisotopic (exact) mass is 263 g/mol. The molecule has 2 aromatic rings. The fraction of sp³-hybridized carbons (Fsp3) is 0.231. The number of hydrogen-bond acceptors (Lipinski definition) is 4. The van der Waals surface area contributed by atoms with E-state index in [4.69, 9.17) is 10.2 Å². The molecule has 1 amide bonds. The minimum Gasteiger partial charge on any atom is -0.444 e. The molecule has 0 saturated carbocycles. The van der Waals surface area contributed by atoms with E-state index in [2.05, 4.69) is 10.3 Å². The maximum atomic E-state index is 13.1. The number of amides is 1. The predicted molar refractivity (Wildman–Crippen MR) is 67.9 cm³/mol. The number of nitrogen functional groups attached to an aromatic ring is 1. The molecule has 1 aromatic carbocycles. The van der Waals surface area contributed by atoms with Gasteiger partial charge in [-0.1, -0.05) is 0 Å². The largest absolute Gasteiger partial charge is 0.444 e. The van der Waals surface area contributed by atoms with Gasteiger partial charge in [0.1, 0.15) is 17.6 Å². The van der Waals surface area contributed by atoms with Crippen LogP contribution in [0.3, 0.4) is 0 Å². The Labute approximate surface area is 109 Å². The minimum atomic E-state index is -0.515. The van der Waals surface area contributed by atoms with E-state index in [1.54, 1.807) is 20.0 Å². The fourth-order valence-electron chi connectivity index (χ4n) is 1.63. The number of benzene rings is 1. The molecule has 1 heterocycles. The number of carbonyl (C=O) groups is 1. The summed E-state index contributed by atoms with van der Waals surface area (Å²) in [6.45, 7) is 3.48. The Morgan fingerprint density at radius 3 is 2.89 bits per heavy atom. The maximum absolute atomic E-state index is 13.1. The molecule has 0 fully saturated rings. The Morgan fingerprint density at radius 2 is 2.26 bits per heavy atom. The lowest BCUT2D eigenvalue weighted by atomic mass is 10.1. The van der Waals surface area contributed by atoms with Gasteiger partial charge in [0, 0.05) is 5.69 Å². The quantitative estimate of drug-likeness (QED) is 0.832. The zero-order chi connectivity index (χ0) is 14.0. The summed E-state index contributed by atoms with van der Waals surface area (Å²) < 4.78 is 18.4. The van der Waals surface area contributed by atoms with E-state index in [0.717, 1.165) is 6.07 Å². The first kappa shape index (κ1) is 13.1. The molecule has 0 radical (unpaired) electrons.